The molecule has 9 N–H and O–H groups in total. The molecule has 0 heterocycles. The maximum absolute atomic E-state index is 12.8. The van der Waals surface area contributed by atoms with Gasteiger partial charge in [0.25, 0.3) is 23.6 Å². The van der Waals surface area contributed by atoms with Crippen LogP contribution in [0, 0.1) is 11.3 Å². The number of carbonyl (C=O) groups excluding carboxylic acids is 7. The highest BCUT2D eigenvalue weighted by molar-refractivity contribution is 6.40. The number of benzene rings is 7. The molecule has 7 aromatic carbocycles. The van der Waals surface area contributed by atoms with Gasteiger partial charge in [-0.15, -0.1) is 23.2 Å². The third kappa shape index (κ3) is 27.8. The number of carbonyl (C=O) groups is 7. The molecule has 19 nitrogen and oxygen atoms in total. The molecule has 0 aliphatic heterocycles. The van der Waals surface area contributed by atoms with E-state index in [4.69, 9.17) is 83.2 Å². The second kappa shape index (κ2) is 42.5. The summed E-state index contributed by atoms with van der Waals surface area (Å²) < 4.78 is 16.7. The molecule has 7 rings (SSSR count). The Balaban J connectivity index is 0.000000369. The fraction of sp³-hybridized carbons (Fsp3) is 0.306. The SMILES string of the molecule is C.CNC(=O)[C@H](Cc1ccc(C#N)cc1)NC(=O)c1ccc(OC(C)C)c(Cl)c1.CNC(=O)[C@H](Cc1ccc(CN)cc1)NC(=O)c1ccc(OC(C)C)c(Cl)c1.CNC(=O)[C@H](Cc1ccc(CNC(=O)c2ccccc2)cc1)NC(=O)c1ccc(OC(C)C)c(Cl)c1.ClCCl. The van der Waals surface area contributed by atoms with Gasteiger partial charge in [-0.3, -0.25) is 33.6 Å². The number of hydrogen-bond acceptors (Lipinski definition) is 12. The van der Waals surface area contributed by atoms with Gasteiger partial charge < -0.3 is 57.2 Å². The second-order valence-corrected chi connectivity index (χ2v) is 23.8. The normalized spacial score (nSPS) is 11.3. The van der Waals surface area contributed by atoms with Crippen molar-refractivity contribution in [1.82, 2.24) is 37.2 Å². The Morgan fingerprint density at radius 3 is 1.02 bits per heavy atom. The van der Waals surface area contributed by atoms with E-state index in [9.17, 15) is 33.6 Å². The van der Waals surface area contributed by atoms with Gasteiger partial charge in [0.1, 0.15) is 35.4 Å². The lowest BCUT2D eigenvalue weighted by Gasteiger charge is -2.18. The summed E-state index contributed by atoms with van der Waals surface area (Å²) >= 11 is 28.2. The van der Waals surface area contributed by atoms with Gasteiger partial charge in [0, 0.05) is 75.7 Å². The Labute approximate surface area is 587 Å². The van der Waals surface area contributed by atoms with Gasteiger partial charge in [-0.2, -0.15) is 5.26 Å². The lowest BCUT2D eigenvalue weighted by atomic mass is 10.0. The first kappa shape index (κ1) is 81.4. The van der Waals surface area contributed by atoms with Crippen molar-refractivity contribution < 1.29 is 47.8 Å². The number of amides is 7. The molecule has 24 heteroatoms. The fourth-order valence-corrected chi connectivity index (χ4v) is 9.43. The number of halogens is 5. The molecule has 0 spiro atoms. The molecule has 0 fully saturated rings. The largest absolute Gasteiger partial charge is 0.489 e. The van der Waals surface area contributed by atoms with Crippen molar-refractivity contribution in [2.45, 2.75) is 118 Å². The van der Waals surface area contributed by atoms with Crippen molar-refractivity contribution in [2.75, 3.05) is 26.5 Å². The van der Waals surface area contributed by atoms with Crippen molar-refractivity contribution in [3.63, 3.8) is 0 Å². The molecule has 3 atom stereocenters. The lowest BCUT2D eigenvalue weighted by Crippen LogP contribution is -2.47. The number of nitriles is 1. The van der Waals surface area contributed by atoms with E-state index in [0.29, 0.717) is 92.5 Å². The molecular weight excluding hydrogens is 1330 g/mol. The topological polar surface area (TPSA) is 281 Å². The Morgan fingerprint density at radius 2 is 0.740 bits per heavy atom. The number of alkyl halides is 2. The van der Waals surface area contributed by atoms with Crippen LogP contribution >= 0.6 is 58.0 Å². The zero-order chi connectivity index (χ0) is 70.1. The van der Waals surface area contributed by atoms with Crippen LogP contribution < -0.4 is 57.2 Å². The number of nitrogens with zero attached hydrogens (tertiary/aromatic N) is 1. The second-order valence-electron chi connectivity index (χ2n) is 21.8. The average molecular weight is 1410 g/mol. The van der Waals surface area contributed by atoms with Gasteiger partial charge in [-0.25, -0.2) is 0 Å². The standard InChI is InChI=1S/C28H30ClN3O4.C21H26ClN3O3.C21H22ClN3O3.CH2Cl2.CH4/c1-18(2)36-25-14-13-22(16-23(25)29)27(34)32-24(28(35)30-3)15-19-9-11-20(12-10-19)17-31-26(33)21-7-5-4-6-8-21;2*1-13(2)28-19-9-8-16(11-17(19)22)20(26)25-18(21(27)24-3)10-14-4-6-15(12-23)7-5-14;2-1-3;/h4-14,16,18,24H,15,17H2,1-3H3,(H,30,35)(H,31,33)(H,32,34);4-9,11,13,18H,10,12,23H2,1-3H3,(H,24,27)(H,25,26);4-9,11,13,18H,10H2,1-3H3,(H,24,27)(H,25,26);1H2;1H4/t24-;2*18-;;/m000../s1. The van der Waals surface area contributed by atoms with Gasteiger partial charge in [0.05, 0.1) is 50.4 Å². The highest BCUT2D eigenvalue weighted by atomic mass is 35.5. The molecular formula is C72H84Cl5N9O10. The van der Waals surface area contributed by atoms with Crippen LogP contribution in [0.3, 0.4) is 0 Å². The monoisotopic (exact) mass is 1410 g/mol. The molecule has 7 amide bonds. The number of hydrogen-bond donors (Lipinski definition) is 8. The molecule has 0 aliphatic carbocycles. The van der Waals surface area contributed by atoms with Gasteiger partial charge in [0.15, 0.2) is 0 Å². The van der Waals surface area contributed by atoms with Crippen molar-refractivity contribution in [3.05, 3.63) is 228 Å². The predicted molar refractivity (Wildman–Crippen MR) is 382 cm³/mol. The number of ether oxygens (including phenoxy) is 3. The van der Waals surface area contributed by atoms with E-state index < -0.39 is 29.9 Å². The summed E-state index contributed by atoms with van der Waals surface area (Å²) in [4.78, 5) is 87.3. The summed E-state index contributed by atoms with van der Waals surface area (Å²) in [6.45, 7) is 12.2. The molecule has 96 heavy (non-hydrogen) atoms. The summed E-state index contributed by atoms with van der Waals surface area (Å²) in [5.74, 6) is -0.770. The minimum Gasteiger partial charge on any atom is -0.489 e. The summed E-state index contributed by atoms with van der Waals surface area (Å²) in [7, 11) is 4.57. The number of nitrogens with one attached hydrogen (secondary N) is 7. The number of rotatable bonds is 25. The summed E-state index contributed by atoms with van der Waals surface area (Å²) in [5.41, 5.74) is 12.3. The fourth-order valence-electron chi connectivity index (χ4n) is 8.75. The Morgan fingerprint density at radius 1 is 0.438 bits per heavy atom. The van der Waals surface area contributed by atoms with Crippen molar-refractivity contribution in [1.29, 1.82) is 5.26 Å². The van der Waals surface area contributed by atoms with Crippen LogP contribution in [-0.2, 0) is 46.7 Å². The molecule has 7 aromatic rings. The van der Waals surface area contributed by atoms with Crippen molar-refractivity contribution in [3.8, 4) is 23.3 Å². The van der Waals surface area contributed by atoms with E-state index in [1.807, 2.05) is 114 Å². The smallest absolute Gasteiger partial charge is 0.251 e. The summed E-state index contributed by atoms with van der Waals surface area (Å²) in [5, 5.41) is 29.0. The molecule has 0 radical (unpaired) electrons. The third-order valence-electron chi connectivity index (χ3n) is 13.4. The summed E-state index contributed by atoms with van der Waals surface area (Å²) in [6.07, 6.45) is 0.830. The maximum Gasteiger partial charge on any atom is 0.251 e. The van der Waals surface area contributed by atoms with E-state index in [-0.39, 0.29) is 60.6 Å². The predicted octanol–water partition coefficient (Wildman–Crippen LogP) is 12.0. The van der Waals surface area contributed by atoms with Crippen LogP contribution in [0.5, 0.6) is 17.2 Å². The molecule has 0 unspecified atom stereocenters. The Hall–Kier alpha value is -8.87. The van der Waals surface area contributed by atoms with Crippen molar-refractivity contribution >= 4 is 99.4 Å². The first-order valence-electron chi connectivity index (χ1n) is 30.1. The van der Waals surface area contributed by atoms with E-state index in [1.165, 1.54) is 39.3 Å². The molecule has 0 saturated heterocycles. The Kier molecular flexibility index (Phi) is 36.1. The van der Waals surface area contributed by atoms with Crippen LogP contribution in [0.15, 0.2) is 158 Å². The first-order chi connectivity index (χ1) is 45.3. The van der Waals surface area contributed by atoms with Crippen LogP contribution in [0.2, 0.25) is 15.1 Å². The van der Waals surface area contributed by atoms with Crippen LogP contribution in [0.4, 0.5) is 0 Å². The maximum atomic E-state index is 12.8. The molecule has 0 saturated carbocycles. The van der Waals surface area contributed by atoms with E-state index in [1.54, 1.807) is 72.8 Å². The van der Waals surface area contributed by atoms with E-state index in [0.717, 1.165) is 27.8 Å². The van der Waals surface area contributed by atoms with Gasteiger partial charge in [-0.1, -0.05) is 121 Å². The molecule has 0 aliphatic rings. The van der Waals surface area contributed by atoms with E-state index >= 15 is 0 Å². The zero-order valence-corrected chi connectivity index (χ0v) is 58.0. The average Bonchev–Trinajstić information content (AvgIpc) is 1.18. The quantitative estimate of drug-likeness (QED) is 0.0248. The minimum absolute atomic E-state index is 0. The number of nitrogens with two attached hydrogens (primary N) is 1. The van der Waals surface area contributed by atoms with Crippen molar-refractivity contribution in [2.24, 2.45) is 5.73 Å². The Bertz CT molecular complexity index is 3690. The minimum atomic E-state index is -0.781. The van der Waals surface area contributed by atoms with Gasteiger partial charge >= 0.3 is 0 Å². The number of likely N-dealkylation sites (N-methyl/N-ethyl adjacent to an activating group) is 3. The van der Waals surface area contributed by atoms with E-state index in [2.05, 4.69) is 37.2 Å². The van der Waals surface area contributed by atoms with Crippen LogP contribution in [0.1, 0.15) is 124 Å². The van der Waals surface area contributed by atoms with Crippen LogP contribution in [0.25, 0.3) is 0 Å². The highest BCUT2D eigenvalue weighted by Gasteiger charge is 2.25. The molecule has 0 bridgehead atoms. The first-order valence-corrected chi connectivity index (χ1v) is 32.3. The van der Waals surface area contributed by atoms with Crippen LogP contribution in [-0.4, -0.2) is 104 Å². The van der Waals surface area contributed by atoms with Gasteiger partial charge in [0.2, 0.25) is 17.7 Å². The molecule has 0 aromatic heterocycles. The summed E-state index contributed by atoms with van der Waals surface area (Å²) in [6, 6.07) is 45.1. The highest BCUT2D eigenvalue weighted by Crippen LogP contribution is 2.29. The zero-order valence-electron chi connectivity index (χ0n) is 54.2. The molecule has 512 valence electrons. The third-order valence-corrected chi connectivity index (χ3v) is 14.3. The van der Waals surface area contributed by atoms with Gasteiger partial charge in [-0.05, 0) is 148 Å². The lowest BCUT2D eigenvalue weighted by molar-refractivity contribution is -0.123.